The zero-order chi connectivity index (χ0) is 23.9. The number of H-pyrrole nitrogens is 1. The van der Waals surface area contributed by atoms with Gasteiger partial charge in [-0.2, -0.15) is 14.9 Å². The summed E-state index contributed by atoms with van der Waals surface area (Å²) < 4.78 is 22.9. The van der Waals surface area contributed by atoms with E-state index in [0.717, 1.165) is 24.0 Å². The molecule has 10 heteroatoms. The highest BCUT2D eigenvalue weighted by molar-refractivity contribution is 5.97. The van der Waals surface area contributed by atoms with Crippen LogP contribution in [0.3, 0.4) is 0 Å². The Balaban J connectivity index is 1.50. The molecule has 1 atom stereocenters. The first-order valence-corrected chi connectivity index (χ1v) is 11.9. The minimum absolute atomic E-state index is 0.0409. The number of fused-ring (bicyclic) bond motifs is 1. The van der Waals surface area contributed by atoms with Gasteiger partial charge in [0.1, 0.15) is 11.6 Å². The maximum absolute atomic E-state index is 15.6. The molecule has 2 aliphatic rings. The molecule has 0 bridgehead atoms. The molecule has 1 aromatic carbocycles. The van der Waals surface area contributed by atoms with Crippen molar-refractivity contribution in [2.75, 3.05) is 36.1 Å². The largest absolute Gasteiger partial charge is 0.377 e. The quantitative estimate of drug-likeness (QED) is 0.484. The van der Waals surface area contributed by atoms with Gasteiger partial charge in [-0.05, 0) is 44.0 Å². The third kappa shape index (κ3) is 3.83. The van der Waals surface area contributed by atoms with E-state index in [2.05, 4.69) is 27.1 Å². The second-order valence-electron chi connectivity index (χ2n) is 9.05. The predicted molar refractivity (Wildman–Crippen MR) is 130 cm³/mol. The first kappa shape index (κ1) is 21.7. The summed E-state index contributed by atoms with van der Waals surface area (Å²) in [5.74, 6) is 1.06. The second kappa shape index (κ2) is 8.77. The van der Waals surface area contributed by atoms with E-state index in [1.807, 2.05) is 18.2 Å². The lowest BCUT2D eigenvalue weighted by Gasteiger charge is -2.34. The Morgan fingerprint density at radius 2 is 2.06 bits per heavy atom. The predicted octanol–water partition coefficient (Wildman–Crippen LogP) is 3.69. The van der Waals surface area contributed by atoms with Gasteiger partial charge in [0.05, 0.1) is 31.6 Å². The smallest absolute Gasteiger partial charge is 0.226 e. The molecule has 1 amide bonds. The molecular weight excluding hydrogens is 449 g/mol. The number of rotatable bonds is 4. The molecule has 9 nitrogen and oxygen atoms in total. The standard InChI is InChI=1S/C25H26FN7O2/c1-16-15-35-11-10-31(16)23-13-19(20-14-28-33(25(20)29-23)22-7-8-27-30-22)18-6-5-17(12-21(18)26)32-9-3-2-4-24(32)34/h5-8,12-14,16H,2-4,9-11,15H2,1H3,(H,27,30)/t16-/m1/s1. The molecular formula is C25H26FN7O2. The number of pyridine rings is 1. The van der Waals surface area contributed by atoms with Gasteiger partial charge < -0.3 is 14.5 Å². The van der Waals surface area contributed by atoms with Crippen molar-refractivity contribution < 1.29 is 13.9 Å². The topological polar surface area (TPSA) is 92.2 Å². The Bertz CT molecular complexity index is 1380. The average molecular weight is 476 g/mol. The van der Waals surface area contributed by atoms with Crippen LogP contribution in [0.1, 0.15) is 26.2 Å². The number of nitrogens with one attached hydrogen (secondary N) is 1. The van der Waals surface area contributed by atoms with Crippen LogP contribution in [0.4, 0.5) is 15.9 Å². The third-order valence-electron chi connectivity index (χ3n) is 6.78. The van der Waals surface area contributed by atoms with Crippen LogP contribution in [0.2, 0.25) is 0 Å². The van der Waals surface area contributed by atoms with Gasteiger partial charge >= 0.3 is 0 Å². The van der Waals surface area contributed by atoms with Crippen molar-refractivity contribution in [1.29, 1.82) is 0 Å². The summed E-state index contributed by atoms with van der Waals surface area (Å²) in [5, 5.41) is 12.2. The van der Waals surface area contributed by atoms with Crippen molar-refractivity contribution in [3.63, 3.8) is 0 Å². The highest BCUT2D eigenvalue weighted by atomic mass is 19.1. The molecule has 0 aliphatic carbocycles. The summed E-state index contributed by atoms with van der Waals surface area (Å²) in [6.07, 6.45) is 5.66. The number of benzene rings is 1. The van der Waals surface area contributed by atoms with E-state index in [1.54, 1.807) is 28.0 Å². The maximum Gasteiger partial charge on any atom is 0.226 e. The molecule has 0 spiro atoms. The van der Waals surface area contributed by atoms with Crippen molar-refractivity contribution in [3.8, 4) is 16.9 Å². The summed E-state index contributed by atoms with van der Waals surface area (Å²) in [7, 11) is 0. The Hall–Kier alpha value is -3.79. The number of amides is 1. The zero-order valence-corrected chi connectivity index (χ0v) is 19.4. The van der Waals surface area contributed by atoms with Crippen LogP contribution in [-0.4, -0.2) is 63.2 Å². The molecule has 3 aromatic heterocycles. The van der Waals surface area contributed by atoms with E-state index in [0.29, 0.717) is 61.0 Å². The monoisotopic (exact) mass is 475 g/mol. The van der Waals surface area contributed by atoms with E-state index in [-0.39, 0.29) is 17.8 Å². The number of carbonyl (C=O) groups is 1. The minimum Gasteiger partial charge on any atom is -0.377 e. The number of hydrogen-bond donors (Lipinski definition) is 1. The Morgan fingerprint density at radius 1 is 1.14 bits per heavy atom. The van der Waals surface area contributed by atoms with Crippen molar-refractivity contribution in [1.82, 2.24) is 25.0 Å². The molecule has 0 unspecified atom stereocenters. The number of morpholine rings is 1. The van der Waals surface area contributed by atoms with E-state index >= 15 is 4.39 Å². The zero-order valence-electron chi connectivity index (χ0n) is 19.4. The van der Waals surface area contributed by atoms with E-state index in [1.165, 1.54) is 6.07 Å². The number of ether oxygens (including phenoxy) is 1. The molecule has 5 heterocycles. The molecule has 4 aromatic rings. The summed E-state index contributed by atoms with van der Waals surface area (Å²) in [4.78, 5) is 21.1. The van der Waals surface area contributed by atoms with Gasteiger partial charge in [-0.3, -0.25) is 9.89 Å². The molecule has 2 saturated heterocycles. The van der Waals surface area contributed by atoms with Crippen LogP contribution in [0.25, 0.3) is 28.0 Å². The molecule has 6 rings (SSSR count). The van der Waals surface area contributed by atoms with Crippen LogP contribution < -0.4 is 9.80 Å². The fourth-order valence-corrected chi connectivity index (χ4v) is 4.94. The van der Waals surface area contributed by atoms with E-state index in [9.17, 15) is 4.79 Å². The molecule has 180 valence electrons. The fourth-order valence-electron chi connectivity index (χ4n) is 4.94. The minimum atomic E-state index is -0.386. The Morgan fingerprint density at radius 3 is 2.83 bits per heavy atom. The number of aromatic amines is 1. The van der Waals surface area contributed by atoms with Gasteiger partial charge in [-0.1, -0.05) is 0 Å². The first-order chi connectivity index (χ1) is 17.1. The van der Waals surface area contributed by atoms with Crippen LogP contribution in [0.15, 0.2) is 42.7 Å². The van der Waals surface area contributed by atoms with Gasteiger partial charge in [0.15, 0.2) is 11.5 Å². The fraction of sp³-hybridized carbons (Fsp3) is 0.360. The Labute approximate surface area is 201 Å². The van der Waals surface area contributed by atoms with Crippen LogP contribution in [0.5, 0.6) is 0 Å². The summed E-state index contributed by atoms with van der Waals surface area (Å²) in [6.45, 7) is 4.60. The van der Waals surface area contributed by atoms with Gasteiger partial charge in [-0.15, -0.1) is 0 Å². The molecule has 2 fully saturated rings. The summed E-state index contributed by atoms with van der Waals surface area (Å²) >= 11 is 0. The van der Waals surface area contributed by atoms with E-state index in [4.69, 9.17) is 9.72 Å². The number of piperidine rings is 1. The number of halogens is 1. The highest BCUT2D eigenvalue weighted by Crippen LogP contribution is 2.36. The van der Waals surface area contributed by atoms with Crippen molar-refractivity contribution in [2.45, 2.75) is 32.2 Å². The number of carbonyl (C=O) groups excluding carboxylic acids is 1. The number of nitrogens with zero attached hydrogens (tertiary/aromatic N) is 6. The average Bonchev–Trinajstić information content (AvgIpc) is 3.54. The number of hydrogen-bond acceptors (Lipinski definition) is 6. The maximum atomic E-state index is 15.6. The molecule has 0 saturated carbocycles. The van der Waals surface area contributed by atoms with Crippen molar-refractivity contribution in [3.05, 3.63) is 48.5 Å². The number of aromatic nitrogens is 5. The van der Waals surface area contributed by atoms with Crippen LogP contribution >= 0.6 is 0 Å². The highest BCUT2D eigenvalue weighted by Gasteiger charge is 2.25. The summed E-state index contributed by atoms with van der Waals surface area (Å²) in [6, 6.07) is 8.89. The molecule has 2 aliphatic heterocycles. The van der Waals surface area contributed by atoms with Crippen molar-refractivity contribution in [2.24, 2.45) is 0 Å². The number of anilines is 2. The van der Waals surface area contributed by atoms with Gasteiger partial charge in [0.25, 0.3) is 0 Å². The van der Waals surface area contributed by atoms with E-state index < -0.39 is 0 Å². The van der Waals surface area contributed by atoms with Gasteiger partial charge in [0, 0.05) is 47.8 Å². The lowest BCUT2D eigenvalue weighted by molar-refractivity contribution is -0.119. The van der Waals surface area contributed by atoms with Gasteiger partial charge in [-0.25, -0.2) is 9.37 Å². The first-order valence-electron chi connectivity index (χ1n) is 11.9. The molecule has 1 N–H and O–H groups in total. The molecule has 0 radical (unpaired) electrons. The SMILES string of the molecule is C[C@@H]1COCCN1c1cc(-c2ccc(N3CCCCC3=O)cc2F)c2cnn(-c3ccn[nH]3)c2n1. The molecule has 35 heavy (non-hydrogen) atoms. The Kier molecular flexibility index (Phi) is 5.44. The lowest BCUT2D eigenvalue weighted by atomic mass is 10.0. The van der Waals surface area contributed by atoms with Crippen LogP contribution in [0, 0.1) is 5.82 Å². The summed E-state index contributed by atoms with van der Waals surface area (Å²) in [5.41, 5.74) is 2.34. The lowest BCUT2D eigenvalue weighted by Crippen LogP contribution is -2.44. The third-order valence-corrected chi connectivity index (χ3v) is 6.78. The van der Waals surface area contributed by atoms with Gasteiger partial charge in [0.2, 0.25) is 5.91 Å². The normalized spacial score (nSPS) is 19.0. The van der Waals surface area contributed by atoms with Crippen LogP contribution in [-0.2, 0) is 9.53 Å². The second-order valence-corrected chi connectivity index (χ2v) is 9.05. The van der Waals surface area contributed by atoms with Crippen molar-refractivity contribution >= 4 is 28.4 Å².